The summed E-state index contributed by atoms with van der Waals surface area (Å²) in [5.74, 6) is -0.423. The molecule has 2 saturated heterocycles. The van der Waals surface area contributed by atoms with Gasteiger partial charge in [0.25, 0.3) is 11.8 Å². The highest BCUT2D eigenvalue weighted by atomic mass is 32.2. The Morgan fingerprint density at radius 3 is 2.39 bits per heavy atom. The number of nitrogens with zero attached hydrogens (tertiary/aromatic N) is 3. The predicted octanol–water partition coefficient (Wildman–Crippen LogP) is 2.09. The second-order valence-electron chi connectivity index (χ2n) is 7.41. The molecule has 2 aliphatic rings. The van der Waals surface area contributed by atoms with Gasteiger partial charge in [-0.1, -0.05) is 41.7 Å². The normalized spacial score (nSPS) is 20.3. The number of piperazine rings is 1. The van der Waals surface area contributed by atoms with Crippen molar-refractivity contribution in [2.24, 2.45) is 0 Å². The van der Waals surface area contributed by atoms with E-state index >= 15 is 0 Å². The second-order valence-corrected chi connectivity index (χ2v) is 9.08. The number of hydrogen-bond donors (Lipinski definition) is 1. The SMILES string of the molecule is Cc1cc(C)c(/C=C2\SC(=S)N(CC(=O)NN3CCN(C)CC3)C2=O)c(C)c1. The van der Waals surface area contributed by atoms with Crippen molar-refractivity contribution < 1.29 is 9.59 Å². The van der Waals surface area contributed by atoms with E-state index in [0.717, 1.165) is 42.9 Å². The average Bonchev–Trinajstić information content (AvgIpc) is 2.87. The zero-order chi connectivity index (χ0) is 20.4. The molecule has 0 unspecified atom stereocenters. The van der Waals surface area contributed by atoms with Crippen LogP contribution in [0.2, 0.25) is 0 Å². The lowest BCUT2D eigenvalue weighted by atomic mass is 9.99. The van der Waals surface area contributed by atoms with E-state index in [4.69, 9.17) is 12.2 Å². The van der Waals surface area contributed by atoms with Crippen LogP contribution in [0.3, 0.4) is 0 Å². The van der Waals surface area contributed by atoms with Gasteiger partial charge in [-0.3, -0.25) is 19.9 Å². The van der Waals surface area contributed by atoms with Crippen LogP contribution >= 0.6 is 24.0 Å². The number of thioether (sulfide) groups is 1. The fraction of sp³-hybridized carbons (Fsp3) is 0.450. The van der Waals surface area contributed by atoms with Crippen LogP contribution in [0.25, 0.3) is 6.08 Å². The molecule has 1 aromatic rings. The van der Waals surface area contributed by atoms with Crippen molar-refractivity contribution in [3.63, 3.8) is 0 Å². The van der Waals surface area contributed by atoms with E-state index in [1.54, 1.807) is 0 Å². The molecule has 6 nitrogen and oxygen atoms in total. The minimum Gasteiger partial charge on any atom is -0.304 e. The van der Waals surface area contributed by atoms with E-state index in [0.29, 0.717) is 9.23 Å². The molecule has 0 bridgehead atoms. The number of likely N-dealkylation sites (N-methyl/N-ethyl adjacent to an activating group) is 1. The lowest BCUT2D eigenvalue weighted by molar-refractivity contribution is -0.132. The van der Waals surface area contributed by atoms with Crippen LogP contribution in [0.1, 0.15) is 22.3 Å². The number of nitrogens with one attached hydrogen (secondary N) is 1. The van der Waals surface area contributed by atoms with Crippen molar-refractivity contribution in [3.8, 4) is 0 Å². The van der Waals surface area contributed by atoms with Gasteiger partial charge in [0, 0.05) is 26.2 Å². The molecule has 2 aliphatic heterocycles. The molecular formula is C20H26N4O2S2. The summed E-state index contributed by atoms with van der Waals surface area (Å²) in [5.41, 5.74) is 7.35. The lowest BCUT2D eigenvalue weighted by Gasteiger charge is -2.32. The summed E-state index contributed by atoms with van der Waals surface area (Å²) in [6.45, 7) is 9.42. The Kier molecular flexibility index (Phi) is 6.54. The molecule has 1 N–H and O–H groups in total. The van der Waals surface area contributed by atoms with Gasteiger partial charge in [0.05, 0.1) is 4.91 Å². The van der Waals surface area contributed by atoms with Gasteiger partial charge in [-0.15, -0.1) is 0 Å². The van der Waals surface area contributed by atoms with Gasteiger partial charge in [0.15, 0.2) is 0 Å². The van der Waals surface area contributed by atoms with E-state index in [1.165, 1.54) is 22.2 Å². The van der Waals surface area contributed by atoms with Gasteiger partial charge >= 0.3 is 0 Å². The Labute approximate surface area is 175 Å². The van der Waals surface area contributed by atoms with Crippen molar-refractivity contribution >= 4 is 46.2 Å². The van der Waals surface area contributed by atoms with Crippen molar-refractivity contribution in [1.82, 2.24) is 20.2 Å². The predicted molar refractivity (Wildman–Crippen MR) is 118 cm³/mol. The van der Waals surface area contributed by atoms with Crippen molar-refractivity contribution in [2.75, 3.05) is 39.8 Å². The highest BCUT2D eigenvalue weighted by Crippen LogP contribution is 2.33. The number of hydrazine groups is 1. The third-order valence-electron chi connectivity index (χ3n) is 4.97. The summed E-state index contributed by atoms with van der Waals surface area (Å²) in [4.78, 5) is 29.4. The first-order valence-corrected chi connectivity index (χ1v) is 10.5. The summed E-state index contributed by atoms with van der Waals surface area (Å²) < 4.78 is 0.423. The van der Waals surface area contributed by atoms with Gasteiger partial charge in [0.2, 0.25) is 0 Å². The molecule has 28 heavy (non-hydrogen) atoms. The summed E-state index contributed by atoms with van der Waals surface area (Å²) in [7, 11) is 2.06. The van der Waals surface area contributed by atoms with Gasteiger partial charge in [-0.2, -0.15) is 0 Å². The first-order chi connectivity index (χ1) is 13.2. The van der Waals surface area contributed by atoms with Crippen LogP contribution in [0.15, 0.2) is 17.0 Å². The molecule has 150 valence electrons. The second kappa shape index (κ2) is 8.73. The van der Waals surface area contributed by atoms with Crippen LogP contribution in [-0.2, 0) is 9.59 Å². The van der Waals surface area contributed by atoms with Crippen LogP contribution in [0.5, 0.6) is 0 Å². The molecule has 0 saturated carbocycles. The molecule has 8 heteroatoms. The highest BCUT2D eigenvalue weighted by molar-refractivity contribution is 8.26. The maximum absolute atomic E-state index is 12.8. The minimum absolute atomic E-state index is 0.0553. The number of thiocarbonyl (C=S) groups is 1. The Bertz CT molecular complexity index is 822. The number of benzene rings is 1. The summed E-state index contributed by atoms with van der Waals surface area (Å²) >= 11 is 6.62. The Hall–Kier alpha value is -1.74. The molecule has 1 aromatic carbocycles. The number of rotatable bonds is 4. The summed E-state index contributed by atoms with van der Waals surface area (Å²) in [6, 6.07) is 4.20. The van der Waals surface area contributed by atoms with Crippen molar-refractivity contribution in [3.05, 3.63) is 39.3 Å². The number of hydrogen-bond acceptors (Lipinski definition) is 6. The first-order valence-electron chi connectivity index (χ1n) is 9.31. The molecule has 0 aromatic heterocycles. The molecule has 3 rings (SSSR count). The molecular weight excluding hydrogens is 392 g/mol. The smallest absolute Gasteiger partial charge is 0.266 e. The fourth-order valence-electron chi connectivity index (χ4n) is 3.46. The third kappa shape index (κ3) is 4.81. The zero-order valence-corrected chi connectivity index (χ0v) is 18.4. The van der Waals surface area contributed by atoms with Gasteiger partial charge < -0.3 is 4.90 Å². The first kappa shape index (κ1) is 21.0. The number of aryl methyl sites for hydroxylation is 3. The Morgan fingerprint density at radius 1 is 1.18 bits per heavy atom. The minimum atomic E-state index is -0.218. The van der Waals surface area contributed by atoms with Crippen LogP contribution in [-0.4, -0.2) is 70.7 Å². The van der Waals surface area contributed by atoms with E-state index in [9.17, 15) is 9.59 Å². The molecule has 2 amide bonds. The molecule has 0 radical (unpaired) electrons. The Balaban J connectivity index is 1.67. The molecule has 0 aliphatic carbocycles. The topological polar surface area (TPSA) is 55.9 Å². The molecule has 0 atom stereocenters. The van der Waals surface area contributed by atoms with Crippen LogP contribution < -0.4 is 5.43 Å². The van der Waals surface area contributed by atoms with E-state index in [-0.39, 0.29) is 18.4 Å². The van der Waals surface area contributed by atoms with E-state index in [2.05, 4.69) is 36.4 Å². The quantitative estimate of drug-likeness (QED) is 0.597. The lowest BCUT2D eigenvalue weighted by Crippen LogP contribution is -2.54. The van der Waals surface area contributed by atoms with Gasteiger partial charge in [-0.05, 0) is 50.6 Å². The third-order valence-corrected chi connectivity index (χ3v) is 6.35. The zero-order valence-electron chi connectivity index (χ0n) is 16.7. The molecule has 0 spiro atoms. The van der Waals surface area contributed by atoms with Gasteiger partial charge in [-0.25, -0.2) is 5.01 Å². The summed E-state index contributed by atoms with van der Waals surface area (Å²) in [6.07, 6.45) is 1.89. The van der Waals surface area contributed by atoms with Crippen molar-refractivity contribution in [2.45, 2.75) is 20.8 Å². The number of carbonyl (C=O) groups is 2. The number of amides is 2. The van der Waals surface area contributed by atoms with Crippen LogP contribution in [0, 0.1) is 20.8 Å². The van der Waals surface area contributed by atoms with Crippen LogP contribution in [0.4, 0.5) is 0 Å². The largest absolute Gasteiger partial charge is 0.304 e. The van der Waals surface area contributed by atoms with Crippen molar-refractivity contribution in [1.29, 1.82) is 0 Å². The standard InChI is InChI=1S/C20H26N4O2S2/c1-13-9-14(2)16(15(3)10-13)11-17-19(26)24(20(27)28-17)12-18(25)21-23-7-5-22(4)6-8-23/h9-11H,5-8,12H2,1-4H3,(H,21,25)/b17-11-. The molecule has 2 fully saturated rings. The average molecular weight is 419 g/mol. The van der Waals surface area contributed by atoms with Gasteiger partial charge in [0.1, 0.15) is 10.9 Å². The summed E-state index contributed by atoms with van der Waals surface area (Å²) in [5, 5.41) is 1.90. The maximum atomic E-state index is 12.8. The molecule has 2 heterocycles. The fourth-order valence-corrected chi connectivity index (χ4v) is 4.70. The highest BCUT2D eigenvalue weighted by Gasteiger charge is 2.34. The maximum Gasteiger partial charge on any atom is 0.266 e. The van der Waals surface area contributed by atoms with E-state index < -0.39 is 0 Å². The monoisotopic (exact) mass is 418 g/mol. The Morgan fingerprint density at radius 2 is 1.79 bits per heavy atom. The van der Waals surface area contributed by atoms with E-state index in [1.807, 2.05) is 24.9 Å². The number of carbonyl (C=O) groups excluding carboxylic acids is 2.